The van der Waals surface area contributed by atoms with Crippen molar-refractivity contribution < 1.29 is 19.1 Å². The number of hydrogen-bond acceptors (Lipinski definition) is 4. The Kier molecular flexibility index (Phi) is 7.15. The topological polar surface area (TPSA) is 52.6 Å². The van der Waals surface area contributed by atoms with E-state index in [1.165, 1.54) is 10.8 Å². The standard InChI is InChI=1S/C37H32O4/c1-3-40-35(38)37(36(39)41-4-2,23-25-13-15-31-19-27-9-5-7-11-29(27)21-33(31)17-25)24-26-14-16-32-20-28-10-6-8-12-30(28)22-34(32)18-26/h5-22H,3-4,23-24H2,1-2H3. The van der Waals surface area contributed by atoms with Crippen LogP contribution in [0.5, 0.6) is 0 Å². The van der Waals surface area contributed by atoms with Gasteiger partial charge >= 0.3 is 11.9 Å². The van der Waals surface area contributed by atoms with Gasteiger partial charge in [0.1, 0.15) is 0 Å². The van der Waals surface area contributed by atoms with Crippen molar-refractivity contribution in [1.82, 2.24) is 0 Å². The molecule has 4 nitrogen and oxygen atoms in total. The Labute approximate surface area is 239 Å². The first kappa shape index (κ1) is 26.5. The number of fused-ring (bicyclic) bond motifs is 4. The van der Waals surface area contributed by atoms with Gasteiger partial charge in [-0.25, -0.2) is 0 Å². The molecule has 0 unspecified atom stereocenters. The first-order chi connectivity index (χ1) is 20.0. The smallest absolute Gasteiger partial charge is 0.324 e. The molecular weight excluding hydrogens is 508 g/mol. The van der Waals surface area contributed by atoms with Gasteiger partial charge in [0, 0.05) is 0 Å². The summed E-state index contributed by atoms with van der Waals surface area (Å²) in [5.74, 6) is -1.12. The maximum Gasteiger partial charge on any atom is 0.324 e. The number of benzene rings is 6. The largest absolute Gasteiger partial charge is 0.465 e. The number of esters is 2. The van der Waals surface area contributed by atoms with E-state index in [2.05, 4.69) is 72.8 Å². The highest BCUT2D eigenvalue weighted by Crippen LogP contribution is 2.35. The molecule has 0 saturated carbocycles. The highest BCUT2D eigenvalue weighted by molar-refractivity contribution is 6.02. The average Bonchev–Trinajstić information content (AvgIpc) is 2.98. The number of carbonyl (C=O) groups is 2. The van der Waals surface area contributed by atoms with Gasteiger partial charge in [-0.05, 0) is 105 Å². The molecule has 0 N–H and O–H groups in total. The molecule has 0 aromatic heterocycles. The minimum atomic E-state index is -1.53. The van der Waals surface area contributed by atoms with Crippen LogP contribution in [-0.2, 0) is 31.9 Å². The molecule has 0 aliphatic carbocycles. The fourth-order valence-electron chi connectivity index (χ4n) is 5.87. The SMILES string of the molecule is CCOC(=O)C(Cc1ccc2cc3ccccc3cc2c1)(Cc1ccc2cc3ccccc3cc2c1)C(=O)OCC. The minimum Gasteiger partial charge on any atom is -0.465 e. The fraction of sp³-hybridized carbons (Fsp3) is 0.189. The molecule has 0 bridgehead atoms. The fourth-order valence-corrected chi connectivity index (χ4v) is 5.87. The van der Waals surface area contributed by atoms with Gasteiger partial charge in [-0.1, -0.05) is 84.9 Å². The molecule has 0 amide bonds. The van der Waals surface area contributed by atoms with Crippen LogP contribution in [0.15, 0.2) is 109 Å². The van der Waals surface area contributed by atoms with Crippen LogP contribution in [-0.4, -0.2) is 25.2 Å². The van der Waals surface area contributed by atoms with E-state index in [0.717, 1.165) is 43.4 Å². The van der Waals surface area contributed by atoms with Crippen molar-refractivity contribution in [3.8, 4) is 0 Å². The molecule has 0 heterocycles. The van der Waals surface area contributed by atoms with Gasteiger partial charge in [0.05, 0.1) is 13.2 Å². The molecule has 41 heavy (non-hydrogen) atoms. The molecule has 0 atom stereocenters. The third-order valence-electron chi connectivity index (χ3n) is 7.88. The minimum absolute atomic E-state index is 0.170. The summed E-state index contributed by atoms with van der Waals surface area (Å²) in [6, 6.07) is 37.4. The van der Waals surface area contributed by atoms with Crippen LogP contribution in [0.3, 0.4) is 0 Å². The van der Waals surface area contributed by atoms with Gasteiger partial charge in [0.15, 0.2) is 5.41 Å². The summed E-state index contributed by atoms with van der Waals surface area (Å²) in [6.45, 7) is 3.87. The second-order valence-electron chi connectivity index (χ2n) is 10.6. The number of hydrogen-bond donors (Lipinski definition) is 0. The van der Waals surface area contributed by atoms with Crippen molar-refractivity contribution in [2.24, 2.45) is 5.41 Å². The van der Waals surface area contributed by atoms with E-state index < -0.39 is 17.4 Å². The summed E-state index contributed by atoms with van der Waals surface area (Å²) < 4.78 is 11.1. The molecule has 6 rings (SSSR count). The Morgan fingerprint density at radius 1 is 0.488 bits per heavy atom. The summed E-state index contributed by atoms with van der Waals surface area (Å²) in [5.41, 5.74) is 0.225. The Morgan fingerprint density at radius 3 is 1.20 bits per heavy atom. The third-order valence-corrected chi connectivity index (χ3v) is 7.88. The molecule has 6 aromatic rings. The Morgan fingerprint density at radius 2 is 0.829 bits per heavy atom. The summed E-state index contributed by atoms with van der Waals surface area (Å²) in [5, 5.41) is 8.94. The zero-order chi connectivity index (χ0) is 28.4. The summed E-state index contributed by atoms with van der Waals surface area (Å²) in [6.07, 6.45) is 0.340. The predicted molar refractivity (Wildman–Crippen MR) is 166 cm³/mol. The lowest BCUT2D eigenvalue weighted by atomic mass is 9.75. The molecule has 0 aliphatic rings. The van der Waals surface area contributed by atoms with Gasteiger partial charge in [-0.2, -0.15) is 0 Å². The lowest BCUT2D eigenvalue weighted by Crippen LogP contribution is -2.45. The highest BCUT2D eigenvalue weighted by atomic mass is 16.6. The van der Waals surface area contributed by atoms with Crippen molar-refractivity contribution in [2.45, 2.75) is 26.7 Å². The highest BCUT2D eigenvalue weighted by Gasteiger charge is 2.49. The van der Waals surface area contributed by atoms with Crippen LogP contribution in [0.25, 0.3) is 43.1 Å². The quantitative estimate of drug-likeness (QED) is 0.111. The van der Waals surface area contributed by atoms with Crippen molar-refractivity contribution in [1.29, 1.82) is 0 Å². The first-order valence-electron chi connectivity index (χ1n) is 14.2. The molecule has 204 valence electrons. The monoisotopic (exact) mass is 540 g/mol. The van der Waals surface area contributed by atoms with E-state index in [4.69, 9.17) is 9.47 Å². The van der Waals surface area contributed by atoms with Crippen LogP contribution >= 0.6 is 0 Å². The maximum atomic E-state index is 13.7. The van der Waals surface area contributed by atoms with Gasteiger partial charge in [0.2, 0.25) is 0 Å². The van der Waals surface area contributed by atoms with Gasteiger partial charge in [0.25, 0.3) is 0 Å². The predicted octanol–water partition coefficient (Wildman–Crippen LogP) is 8.20. The van der Waals surface area contributed by atoms with E-state index in [1.54, 1.807) is 13.8 Å². The second kappa shape index (κ2) is 11.1. The average molecular weight is 541 g/mol. The lowest BCUT2D eigenvalue weighted by molar-refractivity contribution is -0.172. The van der Waals surface area contributed by atoms with Crippen molar-refractivity contribution in [3.63, 3.8) is 0 Å². The van der Waals surface area contributed by atoms with E-state index >= 15 is 0 Å². The Hall–Kier alpha value is -4.70. The molecule has 0 radical (unpaired) electrons. The van der Waals surface area contributed by atoms with E-state index in [1.807, 2.05) is 36.4 Å². The van der Waals surface area contributed by atoms with E-state index in [-0.39, 0.29) is 26.1 Å². The number of rotatable bonds is 8. The van der Waals surface area contributed by atoms with Gasteiger partial charge in [-0.3, -0.25) is 9.59 Å². The zero-order valence-electron chi connectivity index (χ0n) is 23.4. The van der Waals surface area contributed by atoms with Gasteiger partial charge in [-0.15, -0.1) is 0 Å². The first-order valence-corrected chi connectivity index (χ1v) is 14.2. The van der Waals surface area contributed by atoms with E-state index in [9.17, 15) is 9.59 Å². The lowest BCUT2D eigenvalue weighted by Gasteiger charge is -2.30. The van der Waals surface area contributed by atoms with Crippen LogP contribution in [0.4, 0.5) is 0 Å². The number of carbonyl (C=O) groups excluding carboxylic acids is 2. The molecule has 6 aromatic carbocycles. The Bertz CT molecular complexity index is 1780. The van der Waals surface area contributed by atoms with Crippen molar-refractivity contribution in [2.75, 3.05) is 13.2 Å². The van der Waals surface area contributed by atoms with E-state index in [0.29, 0.717) is 0 Å². The molecule has 4 heteroatoms. The van der Waals surface area contributed by atoms with Crippen LogP contribution in [0, 0.1) is 5.41 Å². The summed E-state index contributed by atoms with van der Waals surface area (Å²) >= 11 is 0. The molecule has 0 aliphatic heterocycles. The number of ether oxygens (including phenoxy) is 2. The third kappa shape index (κ3) is 5.14. The van der Waals surface area contributed by atoms with Crippen LogP contribution in [0.2, 0.25) is 0 Å². The maximum absolute atomic E-state index is 13.7. The molecule has 0 saturated heterocycles. The molecule has 0 fully saturated rings. The molecular formula is C37H32O4. The summed E-state index contributed by atoms with van der Waals surface area (Å²) in [7, 11) is 0. The summed E-state index contributed by atoms with van der Waals surface area (Å²) in [4.78, 5) is 27.5. The second-order valence-corrected chi connectivity index (χ2v) is 10.6. The Balaban J connectivity index is 1.44. The van der Waals surface area contributed by atoms with Gasteiger partial charge < -0.3 is 9.47 Å². The normalized spacial score (nSPS) is 11.8. The zero-order valence-corrected chi connectivity index (χ0v) is 23.4. The van der Waals surface area contributed by atoms with Crippen LogP contribution in [0.1, 0.15) is 25.0 Å². The van der Waals surface area contributed by atoms with Crippen molar-refractivity contribution in [3.05, 3.63) is 120 Å². The van der Waals surface area contributed by atoms with Crippen LogP contribution < -0.4 is 0 Å². The molecule has 0 spiro atoms. The van der Waals surface area contributed by atoms with Crippen molar-refractivity contribution >= 4 is 55.0 Å².